The minimum atomic E-state index is -0.894. The molecule has 0 fully saturated rings. The Labute approximate surface area is 88.1 Å². The second kappa shape index (κ2) is 7.05. The van der Waals surface area contributed by atoms with Gasteiger partial charge in [-0.3, -0.25) is 4.79 Å². The van der Waals surface area contributed by atoms with Gasteiger partial charge < -0.3 is 19.3 Å². The Morgan fingerprint density at radius 2 is 1.73 bits per heavy atom. The second-order valence-electron chi connectivity index (χ2n) is 3.14. The van der Waals surface area contributed by atoms with Crippen LogP contribution >= 0.6 is 0 Å². The van der Waals surface area contributed by atoms with Crippen LogP contribution in [0, 0.1) is 0 Å². The van der Waals surface area contributed by atoms with Crippen molar-refractivity contribution in [3.8, 4) is 0 Å². The van der Waals surface area contributed by atoms with Crippen LogP contribution < -0.4 is 0 Å². The van der Waals surface area contributed by atoms with E-state index in [0.717, 1.165) is 0 Å². The van der Waals surface area contributed by atoms with Crippen LogP contribution in [0.1, 0.15) is 20.8 Å². The van der Waals surface area contributed by atoms with Gasteiger partial charge in [0.2, 0.25) is 0 Å². The fourth-order valence-electron chi connectivity index (χ4n) is 0.733. The van der Waals surface area contributed by atoms with Gasteiger partial charge in [-0.15, -0.1) is 0 Å². The predicted octanol–water partition coefficient (Wildman–Crippen LogP) is 0.472. The van der Waals surface area contributed by atoms with Crippen molar-refractivity contribution in [2.75, 3.05) is 13.2 Å². The fraction of sp³-hybridized carbons (Fsp3) is 0.778. The monoisotopic (exact) mass is 220 g/mol. The molecule has 0 amide bonds. The minimum absolute atomic E-state index is 0.0712. The first-order valence-electron chi connectivity index (χ1n) is 4.56. The number of hydrogen-bond donors (Lipinski definition) is 1. The van der Waals surface area contributed by atoms with Crippen LogP contribution in [-0.2, 0) is 19.0 Å². The molecule has 6 nitrogen and oxygen atoms in total. The molecular weight excluding hydrogens is 204 g/mol. The van der Waals surface area contributed by atoms with E-state index in [2.05, 4.69) is 9.47 Å². The van der Waals surface area contributed by atoms with Crippen molar-refractivity contribution in [1.82, 2.24) is 0 Å². The summed E-state index contributed by atoms with van der Waals surface area (Å²) in [5.41, 5.74) is 0. The van der Waals surface area contributed by atoms with E-state index in [1.807, 2.05) is 0 Å². The first-order valence-corrected chi connectivity index (χ1v) is 4.56. The molecule has 6 heteroatoms. The first kappa shape index (κ1) is 13.7. The minimum Gasteiger partial charge on any atom is -0.459 e. The molecule has 0 aliphatic heterocycles. The predicted molar refractivity (Wildman–Crippen MR) is 50.2 cm³/mol. The highest BCUT2D eigenvalue weighted by Gasteiger charge is 2.11. The molecule has 0 aromatic rings. The summed E-state index contributed by atoms with van der Waals surface area (Å²) in [5, 5.41) is 8.80. The maximum Gasteiger partial charge on any atom is 0.508 e. The summed E-state index contributed by atoms with van der Waals surface area (Å²) >= 11 is 0. The van der Waals surface area contributed by atoms with Crippen molar-refractivity contribution >= 4 is 12.1 Å². The third-order valence-electron chi connectivity index (χ3n) is 1.25. The highest BCUT2D eigenvalue weighted by molar-refractivity contribution is 5.66. The van der Waals surface area contributed by atoms with E-state index in [9.17, 15) is 9.59 Å². The van der Waals surface area contributed by atoms with Gasteiger partial charge in [0, 0.05) is 6.92 Å². The van der Waals surface area contributed by atoms with Gasteiger partial charge in [0.1, 0.15) is 19.3 Å². The molecule has 0 aliphatic rings. The molecule has 15 heavy (non-hydrogen) atoms. The summed E-state index contributed by atoms with van der Waals surface area (Å²) in [5.74, 6) is -0.441. The standard InChI is InChI=1S/C9H16O6/c1-6(10)4-13-9(12)14-5-7(2)15-8(3)11/h6-7,10H,4-5H2,1-3H3. The number of esters is 1. The van der Waals surface area contributed by atoms with Crippen LogP contribution in [0.25, 0.3) is 0 Å². The summed E-state index contributed by atoms with van der Waals surface area (Å²) in [6.45, 7) is 4.14. The molecule has 0 saturated heterocycles. The van der Waals surface area contributed by atoms with Crippen LogP contribution in [0.5, 0.6) is 0 Å². The largest absolute Gasteiger partial charge is 0.508 e. The van der Waals surface area contributed by atoms with E-state index in [1.165, 1.54) is 13.8 Å². The summed E-state index contributed by atoms with van der Waals surface area (Å²) < 4.78 is 13.8. The van der Waals surface area contributed by atoms with E-state index in [4.69, 9.17) is 9.84 Å². The third-order valence-corrected chi connectivity index (χ3v) is 1.25. The number of rotatable bonds is 5. The maximum atomic E-state index is 10.8. The fourth-order valence-corrected chi connectivity index (χ4v) is 0.733. The average molecular weight is 220 g/mol. The second-order valence-corrected chi connectivity index (χ2v) is 3.14. The van der Waals surface area contributed by atoms with Gasteiger partial charge in [-0.25, -0.2) is 4.79 Å². The van der Waals surface area contributed by atoms with E-state index >= 15 is 0 Å². The molecule has 0 aromatic carbocycles. The lowest BCUT2D eigenvalue weighted by molar-refractivity contribution is -0.147. The molecule has 0 bridgehead atoms. The van der Waals surface area contributed by atoms with Crippen LogP contribution in [-0.4, -0.2) is 42.7 Å². The summed E-state index contributed by atoms with van der Waals surface area (Å²) in [6, 6.07) is 0. The highest BCUT2D eigenvalue weighted by atomic mass is 16.7. The lowest BCUT2D eigenvalue weighted by atomic mass is 10.4. The Morgan fingerprint density at radius 3 is 2.20 bits per heavy atom. The molecule has 88 valence electrons. The number of carbonyl (C=O) groups is 2. The van der Waals surface area contributed by atoms with E-state index < -0.39 is 24.3 Å². The lowest BCUT2D eigenvalue weighted by Crippen LogP contribution is -2.23. The molecule has 0 spiro atoms. The summed E-state index contributed by atoms with van der Waals surface area (Å²) in [7, 11) is 0. The molecule has 2 atom stereocenters. The Kier molecular flexibility index (Phi) is 6.44. The zero-order chi connectivity index (χ0) is 11.8. The van der Waals surface area contributed by atoms with Gasteiger partial charge in [0.25, 0.3) is 0 Å². The molecule has 0 rings (SSSR count). The number of ether oxygens (including phenoxy) is 3. The molecule has 0 aromatic heterocycles. The van der Waals surface area contributed by atoms with Crippen molar-refractivity contribution in [3.05, 3.63) is 0 Å². The van der Waals surface area contributed by atoms with Gasteiger partial charge in [0.05, 0.1) is 6.10 Å². The number of aliphatic hydroxyl groups is 1. The molecule has 1 N–H and O–H groups in total. The van der Waals surface area contributed by atoms with Crippen molar-refractivity contribution < 1.29 is 28.9 Å². The van der Waals surface area contributed by atoms with Gasteiger partial charge in [-0.05, 0) is 13.8 Å². The van der Waals surface area contributed by atoms with Crippen molar-refractivity contribution in [2.45, 2.75) is 33.0 Å². The Balaban J connectivity index is 3.57. The topological polar surface area (TPSA) is 82.1 Å². The SMILES string of the molecule is CC(=O)OC(C)COC(=O)OCC(C)O. The average Bonchev–Trinajstić information content (AvgIpc) is 2.10. The Morgan fingerprint density at radius 1 is 1.20 bits per heavy atom. The smallest absolute Gasteiger partial charge is 0.459 e. The van der Waals surface area contributed by atoms with Crippen LogP contribution in [0.3, 0.4) is 0 Å². The van der Waals surface area contributed by atoms with Crippen LogP contribution in [0.4, 0.5) is 4.79 Å². The molecular formula is C9H16O6. The first-order chi connectivity index (χ1) is 6.91. The number of carbonyl (C=O) groups excluding carboxylic acids is 2. The molecule has 0 saturated carbocycles. The zero-order valence-electron chi connectivity index (χ0n) is 9.06. The van der Waals surface area contributed by atoms with Crippen molar-refractivity contribution in [3.63, 3.8) is 0 Å². The molecule has 0 heterocycles. The van der Waals surface area contributed by atoms with Crippen LogP contribution in [0.15, 0.2) is 0 Å². The zero-order valence-corrected chi connectivity index (χ0v) is 9.06. The Hall–Kier alpha value is -1.30. The van der Waals surface area contributed by atoms with Gasteiger partial charge in [-0.1, -0.05) is 0 Å². The number of aliphatic hydroxyl groups excluding tert-OH is 1. The van der Waals surface area contributed by atoms with Gasteiger partial charge in [-0.2, -0.15) is 0 Å². The molecule has 2 unspecified atom stereocenters. The highest BCUT2D eigenvalue weighted by Crippen LogP contribution is 1.95. The van der Waals surface area contributed by atoms with E-state index in [-0.39, 0.29) is 13.2 Å². The Bertz CT molecular complexity index is 213. The lowest BCUT2D eigenvalue weighted by Gasteiger charge is -2.12. The molecule has 0 radical (unpaired) electrons. The third kappa shape index (κ3) is 9.01. The van der Waals surface area contributed by atoms with E-state index in [0.29, 0.717) is 0 Å². The van der Waals surface area contributed by atoms with E-state index in [1.54, 1.807) is 6.92 Å². The molecule has 0 aliphatic carbocycles. The quantitative estimate of drug-likeness (QED) is 0.678. The number of hydrogen-bond acceptors (Lipinski definition) is 6. The van der Waals surface area contributed by atoms with Crippen molar-refractivity contribution in [1.29, 1.82) is 0 Å². The van der Waals surface area contributed by atoms with Gasteiger partial charge in [0.15, 0.2) is 0 Å². The van der Waals surface area contributed by atoms with Gasteiger partial charge >= 0.3 is 12.1 Å². The maximum absolute atomic E-state index is 10.8. The normalized spacial score (nSPS) is 13.9. The summed E-state index contributed by atoms with van der Waals surface area (Å²) in [6.07, 6.45) is -2.14. The van der Waals surface area contributed by atoms with Crippen LogP contribution in [0.2, 0.25) is 0 Å². The van der Waals surface area contributed by atoms with Crippen molar-refractivity contribution in [2.24, 2.45) is 0 Å². The summed E-state index contributed by atoms with van der Waals surface area (Å²) in [4.78, 5) is 21.3.